The summed E-state index contributed by atoms with van der Waals surface area (Å²) in [5.74, 6) is 1.69. The Morgan fingerprint density at radius 1 is 1.19 bits per heavy atom. The van der Waals surface area contributed by atoms with Crippen molar-refractivity contribution in [3.8, 4) is 11.5 Å². The zero-order chi connectivity index (χ0) is 14.2. The van der Waals surface area contributed by atoms with Crippen LogP contribution in [-0.2, 0) is 0 Å². The van der Waals surface area contributed by atoms with Crippen LogP contribution < -0.4 is 15.2 Å². The normalized spacial score (nSPS) is 26.8. The monoisotopic (exact) mass is 289 g/mol. The van der Waals surface area contributed by atoms with Gasteiger partial charge in [-0.2, -0.15) is 0 Å². The summed E-state index contributed by atoms with van der Waals surface area (Å²) in [7, 11) is 0. The first-order chi connectivity index (χ1) is 10.3. The van der Waals surface area contributed by atoms with E-state index in [4.69, 9.17) is 15.2 Å². The number of nitrogens with two attached hydrogens (primary N) is 1. The first-order valence-corrected chi connectivity index (χ1v) is 7.93. The van der Waals surface area contributed by atoms with Crippen LogP contribution in [0.5, 0.6) is 11.5 Å². The van der Waals surface area contributed by atoms with Crippen LogP contribution in [0.3, 0.4) is 0 Å². The molecule has 0 bridgehead atoms. The molecule has 0 aliphatic carbocycles. The number of piperazine rings is 1. The van der Waals surface area contributed by atoms with E-state index in [0.717, 1.165) is 30.6 Å². The molecule has 0 amide bonds. The Morgan fingerprint density at radius 2 is 2.10 bits per heavy atom. The van der Waals surface area contributed by atoms with Gasteiger partial charge in [0.25, 0.3) is 0 Å². The van der Waals surface area contributed by atoms with Gasteiger partial charge in [0.05, 0.1) is 0 Å². The van der Waals surface area contributed by atoms with E-state index in [0.29, 0.717) is 13.3 Å². The molecule has 21 heavy (non-hydrogen) atoms. The lowest BCUT2D eigenvalue weighted by atomic mass is 10.0. The van der Waals surface area contributed by atoms with Gasteiger partial charge in [-0.05, 0) is 37.1 Å². The van der Waals surface area contributed by atoms with E-state index in [1.165, 1.54) is 31.5 Å². The van der Waals surface area contributed by atoms with Crippen LogP contribution in [0.4, 0.5) is 0 Å². The summed E-state index contributed by atoms with van der Waals surface area (Å²) in [6.45, 7) is 5.66. The second-order valence-electron chi connectivity index (χ2n) is 6.19. The minimum Gasteiger partial charge on any atom is -0.454 e. The van der Waals surface area contributed by atoms with Crippen LogP contribution in [0.15, 0.2) is 18.2 Å². The summed E-state index contributed by atoms with van der Waals surface area (Å²) >= 11 is 0. The van der Waals surface area contributed by atoms with E-state index < -0.39 is 0 Å². The van der Waals surface area contributed by atoms with Gasteiger partial charge in [-0.1, -0.05) is 6.07 Å². The smallest absolute Gasteiger partial charge is 0.231 e. The highest BCUT2D eigenvalue weighted by Crippen LogP contribution is 2.36. The molecule has 5 heteroatoms. The molecule has 5 nitrogen and oxygen atoms in total. The van der Waals surface area contributed by atoms with Gasteiger partial charge in [-0.3, -0.25) is 9.80 Å². The minimum absolute atomic E-state index is 0.280. The summed E-state index contributed by atoms with van der Waals surface area (Å²) in [4.78, 5) is 5.17. The van der Waals surface area contributed by atoms with Crippen molar-refractivity contribution in [3.05, 3.63) is 23.8 Å². The summed E-state index contributed by atoms with van der Waals surface area (Å²) in [5.41, 5.74) is 7.33. The van der Waals surface area contributed by atoms with Crippen LogP contribution in [0.1, 0.15) is 24.4 Å². The number of hydrogen-bond acceptors (Lipinski definition) is 5. The molecule has 1 aromatic carbocycles. The molecule has 4 rings (SSSR count). The summed E-state index contributed by atoms with van der Waals surface area (Å²) < 4.78 is 10.9. The molecule has 2 N–H and O–H groups in total. The molecule has 114 valence electrons. The molecule has 3 heterocycles. The second-order valence-corrected chi connectivity index (χ2v) is 6.19. The maximum atomic E-state index is 6.09. The number of benzene rings is 1. The van der Waals surface area contributed by atoms with Crippen LogP contribution in [0.25, 0.3) is 0 Å². The third-order valence-electron chi connectivity index (χ3n) is 5.06. The number of ether oxygens (including phenoxy) is 2. The molecule has 0 spiro atoms. The predicted octanol–water partition coefficient (Wildman–Crippen LogP) is 1.20. The standard InChI is InChI=1S/C16H23N3O2/c17-9-14(12-3-4-15-16(8-12)21-11-20-15)19-7-6-18-5-1-2-13(18)10-19/h3-4,8,13-14H,1-2,5-7,9-11,17H2. The summed E-state index contributed by atoms with van der Waals surface area (Å²) in [5, 5.41) is 0. The molecule has 0 saturated carbocycles. The molecule has 3 aliphatic rings. The first-order valence-electron chi connectivity index (χ1n) is 7.93. The van der Waals surface area contributed by atoms with E-state index in [9.17, 15) is 0 Å². The van der Waals surface area contributed by atoms with E-state index >= 15 is 0 Å². The van der Waals surface area contributed by atoms with Crippen molar-refractivity contribution in [2.45, 2.75) is 24.9 Å². The van der Waals surface area contributed by atoms with Gasteiger partial charge in [-0.15, -0.1) is 0 Å². The topological polar surface area (TPSA) is 51.0 Å². The second kappa shape index (κ2) is 5.48. The Balaban J connectivity index is 1.54. The van der Waals surface area contributed by atoms with Gasteiger partial charge in [0.2, 0.25) is 6.79 Å². The largest absolute Gasteiger partial charge is 0.454 e. The Labute approximate surface area is 125 Å². The third kappa shape index (κ3) is 2.39. The SMILES string of the molecule is NCC(c1ccc2c(c1)OCO2)N1CCN2CCCC2C1. The lowest BCUT2D eigenvalue weighted by Gasteiger charge is -2.41. The zero-order valence-corrected chi connectivity index (χ0v) is 12.3. The average Bonchev–Trinajstić information content (AvgIpc) is 3.15. The highest BCUT2D eigenvalue weighted by Gasteiger charge is 2.33. The molecule has 3 aliphatic heterocycles. The van der Waals surface area contributed by atoms with Crippen LogP contribution >= 0.6 is 0 Å². The number of fused-ring (bicyclic) bond motifs is 2. The van der Waals surface area contributed by atoms with Gasteiger partial charge >= 0.3 is 0 Å². The maximum absolute atomic E-state index is 6.09. The van der Waals surface area contributed by atoms with Crippen molar-refractivity contribution < 1.29 is 9.47 Å². The van der Waals surface area contributed by atoms with Crippen molar-refractivity contribution in [1.29, 1.82) is 0 Å². The fourth-order valence-electron chi connectivity index (χ4n) is 3.91. The lowest BCUT2D eigenvalue weighted by Crippen LogP contribution is -2.52. The van der Waals surface area contributed by atoms with Crippen LogP contribution in [0, 0.1) is 0 Å². The van der Waals surface area contributed by atoms with Crippen molar-refractivity contribution in [2.75, 3.05) is 39.5 Å². The van der Waals surface area contributed by atoms with Gasteiger partial charge in [0.15, 0.2) is 11.5 Å². The molecular formula is C16H23N3O2. The van der Waals surface area contributed by atoms with Crippen molar-refractivity contribution >= 4 is 0 Å². The molecule has 2 atom stereocenters. The van der Waals surface area contributed by atoms with Crippen LogP contribution in [0.2, 0.25) is 0 Å². The molecule has 0 radical (unpaired) electrons. The highest BCUT2D eigenvalue weighted by atomic mass is 16.7. The van der Waals surface area contributed by atoms with Gasteiger partial charge in [0.1, 0.15) is 0 Å². The van der Waals surface area contributed by atoms with Crippen molar-refractivity contribution in [2.24, 2.45) is 5.73 Å². The molecule has 1 aromatic rings. The molecule has 2 fully saturated rings. The van der Waals surface area contributed by atoms with E-state index in [-0.39, 0.29) is 6.04 Å². The Morgan fingerprint density at radius 3 is 3.00 bits per heavy atom. The minimum atomic E-state index is 0.280. The van der Waals surface area contributed by atoms with Gasteiger partial charge in [0, 0.05) is 38.3 Å². The van der Waals surface area contributed by atoms with E-state index in [2.05, 4.69) is 21.9 Å². The molecule has 2 saturated heterocycles. The lowest BCUT2D eigenvalue weighted by molar-refractivity contribution is 0.0736. The summed E-state index contributed by atoms with van der Waals surface area (Å²) in [6.07, 6.45) is 2.67. The third-order valence-corrected chi connectivity index (χ3v) is 5.06. The Kier molecular flexibility index (Phi) is 3.49. The van der Waals surface area contributed by atoms with Crippen molar-refractivity contribution in [3.63, 3.8) is 0 Å². The van der Waals surface area contributed by atoms with Crippen LogP contribution in [-0.4, -0.2) is 55.4 Å². The molecular weight excluding hydrogens is 266 g/mol. The molecule has 2 unspecified atom stereocenters. The van der Waals surface area contributed by atoms with E-state index in [1.807, 2.05) is 6.07 Å². The number of nitrogens with zero attached hydrogens (tertiary/aromatic N) is 2. The number of hydrogen-bond donors (Lipinski definition) is 1. The maximum Gasteiger partial charge on any atom is 0.231 e. The fourth-order valence-corrected chi connectivity index (χ4v) is 3.91. The van der Waals surface area contributed by atoms with Gasteiger partial charge < -0.3 is 15.2 Å². The van der Waals surface area contributed by atoms with Crippen molar-refractivity contribution in [1.82, 2.24) is 9.80 Å². The highest BCUT2D eigenvalue weighted by molar-refractivity contribution is 5.45. The fraction of sp³-hybridized carbons (Fsp3) is 0.625. The first kappa shape index (κ1) is 13.4. The Bertz CT molecular complexity index is 522. The van der Waals surface area contributed by atoms with E-state index in [1.54, 1.807) is 0 Å². The quantitative estimate of drug-likeness (QED) is 0.906. The predicted molar refractivity (Wildman–Crippen MR) is 80.5 cm³/mol. The summed E-state index contributed by atoms with van der Waals surface area (Å²) in [6, 6.07) is 7.24. The average molecular weight is 289 g/mol. The number of rotatable bonds is 3. The molecule has 0 aromatic heterocycles. The Hall–Kier alpha value is -1.30. The zero-order valence-electron chi connectivity index (χ0n) is 12.3. The van der Waals surface area contributed by atoms with Gasteiger partial charge in [-0.25, -0.2) is 0 Å².